The number of thiophene rings is 1. The molecule has 1 aromatic heterocycles. The molecule has 1 saturated heterocycles. The summed E-state index contributed by atoms with van der Waals surface area (Å²) in [5.74, 6) is -0.124. The summed E-state index contributed by atoms with van der Waals surface area (Å²) in [6, 6.07) is 14.0. The average Bonchev–Trinajstić information content (AvgIpc) is 3.15. The number of carbonyl (C=O) groups excluding carboxylic acids is 1. The highest BCUT2D eigenvalue weighted by Crippen LogP contribution is 2.17. The van der Waals surface area contributed by atoms with Gasteiger partial charge in [-0.25, -0.2) is 13.1 Å². The predicted octanol–water partition coefficient (Wildman–Crippen LogP) is 1.47. The maximum atomic E-state index is 12.4. The number of rotatable bonds is 9. The van der Waals surface area contributed by atoms with Crippen LogP contribution < -0.4 is 10.0 Å². The first kappa shape index (κ1) is 21.9. The van der Waals surface area contributed by atoms with Crippen LogP contribution in [0.2, 0.25) is 0 Å². The molecule has 1 aliphatic heterocycles. The van der Waals surface area contributed by atoms with Crippen molar-refractivity contribution in [1.29, 1.82) is 0 Å². The zero-order valence-corrected chi connectivity index (χ0v) is 18.1. The van der Waals surface area contributed by atoms with Crippen molar-refractivity contribution >= 4 is 27.3 Å². The van der Waals surface area contributed by atoms with E-state index in [4.69, 9.17) is 4.74 Å². The summed E-state index contributed by atoms with van der Waals surface area (Å²) in [4.78, 5) is 16.4. The van der Waals surface area contributed by atoms with Crippen LogP contribution in [0, 0.1) is 0 Å². The predicted molar refractivity (Wildman–Crippen MR) is 115 cm³/mol. The lowest BCUT2D eigenvalue weighted by molar-refractivity contribution is -0.0292. The molecule has 3 rings (SSSR count). The molecule has 1 fully saturated rings. The standard InChI is InChI=1S/C20H27N3O4S2/c1-29(25,26)22-10-9-18-7-8-19(28-18)20(24)21-13-17-15-23(11-12-27-17)14-16-5-3-2-4-6-16/h2-8,17,22H,9-15H2,1H3,(H,21,24). The van der Waals surface area contributed by atoms with Gasteiger partial charge < -0.3 is 10.1 Å². The number of nitrogens with zero attached hydrogens (tertiary/aromatic N) is 1. The lowest BCUT2D eigenvalue weighted by Crippen LogP contribution is -2.47. The highest BCUT2D eigenvalue weighted by atomic mass is 32.2. The second-order valence-electron chi connectivity index (χ2n) is 7.11. The smallest absolute Gasteiger partial charge is 0.261 e. The molecule has 1 amide bonds. The van der Waals surface area contributed by atoms with Gasteiger partial charge in [0.1, 0.15) is 0 Å². The summed E-state index contributed by atoms with van der Waals surface area (Å²) in [5, 5.41) is 2.96. The van der Waals surface area contributed by atoms with Gasteiger partial charge in [0.05, 0.1) is 23.8 Å². The van der Waals surface area contributed by atoms with E-state index in [1.165, 1.54) is 16.9 Å². The van der Waals surface area contributed by atoms with E-state index in [9.17, 15) is 13.2 Å². The van der Waals surface area contributed by atoms with Gasteiger partial charge in [-0.15, -0.1) is 11.3 Å². The second kappa shape index (κ2) is 10.3. The highest BCUT2D eigenvalue weighted by Gasteiger charge is 2.21. The van der Waals surface area contributed by atoms with Crippen LogP contribution in [0.3, 0.4) is 0 Å². The Kier molecular flexibility index (Phi) is 7.79. The monoisotopic (exact) mass is 437 g/mol. The van der Waals surface area contributed by atoms with E-state index in [-0.39, 0.29) is 12.0 Å². The summed E-state index contributed by atoms with van der Waals surface area (Å²) in [6.07, 6.45) is 1.66. The van der Waals surface area contributed by atoms with Gasteiger partial charge in [-0.05, 0) is 24.1 Å². The normalized spacial score (nSPS) is 17.9. The Morgan fingerprint density at radius 2 is 2.03 bits per heavy atom. The summed E-state index contributed by atoms with van der Waals surface area (Å²) in [7, 11) is -3.19. The molecule has 9 heteroatoms. The second-order valence-corrected chi connectivity index (χ2v) is 10.1. The van der Waals surface area contributed by atoms with Gasteiger partial charge in [-0.2, -0.15) is 0 Å². The number of ether oxygens (including phenoxy) is 1. The Bertz CT molecular complexity index is 899. The number of nitrogens with one attached hydrogen (secondary N) is 2. The third kappa shape index (κ3) is 7.52. The SMILES string of the molecule is CS(=O)(=O)NCCc1ccc(C(=O)NCC2CN(Cc3ccccc3)CCO2)s1. The summed E-state index contributed by atoms with van der Waals surface area (Å²) >= 11 is 1.38. The number of amides is 1. The van der Waals surface area contributed by atoms with Gasteiger partial charge in [0.2, 0.25) is 10.0 Å². The zero-order chi connectivity index (χ0) is 20.7. The van der Waals surface area contributed by atoms with Gasteiger partial charge >= 0.3 is 0 Å². The third-order valence-corrected chi connectivity index (χ3v) is 6.46. The molecule has 0 bridgehead atoms. The van der Waals surface area contributed by atoms with Crippen molar-refractivity contribution in [1.82, 2.24) is 14.9 Å². The van der Waals surface area contributed by atoms with Crippen molar-refractivity contribution in [2.45, 2.75) is 19.1 Å². The van der Waals surface area contributed by atoms with E-state index in [1.54, 1.807) is 6.07 Å². The van der Waals surface area contributed by atoms with E-state index in [1.807, 2.05) is 24.3 Å². The van der Waals surface area contributed by atoms with Crippen LogP contribution in [-0.2, 0) is 27.7 Å². The molecular formula is C20H27N3O4S2. The van der Waals surface area contributed by atoms with Crippen LogP contribution in [0.1, 0.15) is 20.1 Å². The molecule has 1 atom stereocenters. The molecule has 2 N–H and O–H groups in total. The van der Waals surface area contributed by atoms with Gasteiger partial charge in [0.25, 0.3) is 5.91 Å². The summed E-state index contributed by atoms with van der Waals surface area (Å²) in [5.41, 5.74) is 1.27. The highest BCUT2D eigenvalue weighted by molar-refractivity contribution is 7.88. The van der Waals surface area contributed by atoms with E-state index >= 15 is 0 Å². The lowest BCUT2D eigenvalue weighted by atomic mass is 10.2. The molecule has 0 saturated carbocycles. The largest absolute Gasteiger partial charge is 0.374 e. The Morgan fingerprint density at radius 1 is 1.24 bits per heavy atom. The van der Waals surface area contributed by atoms with E-state index in [0.29, 0.717) is 31.0 Å². The van der Waals surface area contributed by atoms with E-state index in [0.717, 1.165) is 30.8 Å². The molecular weight excluding hydrogens is 410 g/mol. The fraction of sp³-hybridized carbons (Fsp3) is 0.450. The van der Waals surface area contributed by atoms with Crippen molar-refractivity contribution in [3.8, 4) is 0 Å². The van der Waals surface area contributed by atoms with Gasteiger partial charge in [0, 0.05) is 37.6 Å². The van der Waals surface area contributed by atoms with Crippen LogP contribution >= 0.6 is 11.3 Å². The van der Waals surface area contributed by atoms with Gasteiger partial charge in [0.15, 0.2) is 0 Å². The average molecular weight is 438 g/mol. The minimum absolute atomic E-state index is 0.0326. The topological polar surface area (TPSA) is 87.7 Å². The Hall–Kier alpha value is -1.78. The number of carbonyl (C=O) groups is 1. The molecule has 0 radical (unpaired) electrons. The van der Waals surface area contributed by atoms with Crippen LogP contribution in [0.15, 0.2) is 42.5 Å². The van der Waals surface area contributed by atoms with Gasteiger partial charge in [-0.1, -0.05) is 30.3 Å². The van der Waals surface area contributed by atoms with Crippen molar-refractivity contribution in [2.24, 2.45) is 0 Å². The van der Waals surface area contributed by atoms with Crippen molar-refractivity contribution in [3.05, 3.63) is 57.8 Å². The molecule has 0 spiro atoms. The molecule has 2 aromatic rings. The van der Waals surface area contributed by atoms with Gasteiger partial charge in [-0.3, -0.25) is 9.69 Å². The Balaban J connectivity index is 1.43. The number of hydrogen-bond acceptors (Lipinski definition) is 6. The fourth-order valence-corrected chi connectivity index (χ4v) is 4.57. The zero-order valence-electron chi connectivity index (χ0n) is 16.5. The Morgan fingerprint density at radius 3 is 2.79 bits per heavy atom. The third-order valence-electron chi connectivity index (χ3n) is 4.58. The summed E-state index contributed by atoms with van der Waals surface area (Å²) in [6.45, 7) is 3.99. The first-order valence-electron chi connectivity index (χ1n) is 9.58. The number of morpholine rings is 1. The van der Waals surface area contributed by atoms with Crippen molar-refractivity contribution < 1.29 is 17.9 Å². The molecule has 29 heavy (non-hydrogen) atoms. The van der Waals surface area contributed by atoms with Crippen LogP contribution in [-0.4, -0.2) is 64.4 Å². The lowest BCUT2D eigenvalue weighted by Gasteiger charge is -2.33. The fourth-order valence-electron chi connectivity index (χ4n) is 3.18. The molecule has 7 nitrogen and oxygen atoms in total. The maximum absolute atomic E-state index is 12.4. The number of benzene rings is 1. The number of sulfonamides is 1. The van der Waals surface area contributed by atoms with Crippen molar-refractivity contribution in [3.63, 3.8) is 0 Å². The maximum Gasteiger partial charge on any atom is 0.261 e. The molecule has 2 heterocycles. The van der Waals surface area contributed by atoms with Crippen LogP contribution in [0.25, 0.3) is 0 Å². The first-order valence-corrected chi connectivity index (χ1v) is 12.3. The Labute approximate surface area is 176 Å². The van der Waals surface area contributed by atoms with Crippen LogP contribution in [0.5, 0.6) is 0 Å². The van der Waals surface area contributed by atoms with E-state index in [2.05, 4.69) is 27.1 Å². The molecule has 1 unspecified atom stereocenters. The molecule has 0 aliphatic carbocycles. The van der Waals surface area contributed by atoms with Crippen LogP contribution in [0.4, 0.5) is 0 Å². The molecule has 158 valence electrons. The minimum atomic E-state index is -3.19. The molecule has 1 aliphatic rings. The summed E-state index contributed by atoms with van der Waals surface area (Å²) < 4.78 is 30.5. The van der Waals surface area contributed by atoms with Crippen molar-refractivity contribution in [2.75, 3.05) is 39.0 Å². The number of hydrogen-bond donors (Lipinski definition) is 2. The minimum Gasteiger partial charge on any atom is -0.374 e. The molecule has 1 aromatic carbocycles. The quantitative estimate of drug-likeness (QED) is 0.620. The first-order chi connectivity index (χ1) is 13.9. The van der Waals surface area contributed by atoms with E-state index < -0.39 is 10.0 Å².